The molecule has 1 unspecified atom stereocenters. The summed E-state index contributed by atoms with van der Waals surface area (Å²) in [4.78, 5) is 0.486. The molecule has 0 amide bonds. The van der Waals surface area contributed by atoms with Crippen molar-refractivity contribution in [3.63, 3.8) is 0 Å². The highest BCUT2D eigenvalue weighted by Gasteiger charge is 2.10. The monoisotopic (exact) mass is 294 g/mol. The van der Waals surface area contributed by atoms with Crippen LogP contribution >= 0.6 is 39.1 Å². The summed E-state index contributed by atoms with van der Waals surface area (Å²) >= 11 is 15.4. The van der Waals surface area contributed by atoms with Crippen molar-refractivity contribution in [1.29, 1.82) is 0 Å². The van der Waals surface area contributed by atoms with Gasteiger partial charge < -0.3 is 0 Å². The summed E-state index contributed by atoms with van der Waals surface area (Å²) in [7, 11) is 0. The molecule has 0 aliphatic carbocycles. The van der Waals surface area contributed by atoms with Gasteiger partial charge in [0.15, 0.2) is 0 Å². The standard InChI is InChI=1S/C11H13BrCl2/c1-7(2)9(12)5-8-3-4-10(13)11(14)6-8/h3-4,6-7,9H,5H2,1-2H3. The lowest BCUT2D eigenvalue weighted by atomic mass is 10.0. The second kappa shape index (κ2) is 5.39. The predicted molar refractivity (Wildman–Crippen MR) is 67.7 cm³/mol. The van der Waals surface area contributed by atoms with Crippen LogP contribution < -0.4 is 0 Å². The molecule has 1 aromatic rings. The van der Waals surface area contributed by atoms with E-state index >= 15 is 0 Å². The average Bonchev–Trinajstić information content (AvgIpc) is 2.11. The van der Waals surface area contributed by atoms with Crippen molar-refractivity contribution in [2.24, 2.45) is 5.92 Å². The lowest BCUT2D eigenvalue weighted by molar-refractivity contribution is 0.613. The van der Waals surface area contributed by atoms with E-state index in [0.29, 0.717) is 20.8 Å². The minimum atomic E-state index is 0.486. The van der Waals surface area contributed by atoms with Crippen LogP contribution in [0.15, 0.2) is 18.2 Å². The minimum Gasteiger partial charge on any atom is -0.0884 e. The van der Waals surface area contributed by atoms with E-state index in [0.717, 1.165) is 6.42 Å². The topological polar surface area (TPSA) is 0 Å². The molecule has 1 rings (SSSR count). The second-order valence-electron chi connectivity index (χ2n) is 3.71. The Morgan fingerprint density at radius 1 is 1.21 bits per heavy atom. The van der Waals surface area contributed by atoms with Crippen LogP contribution in [0.2, 0.25) is 10.0 Å². The zero-order valence-corrected chi connectivity index (χ0v) is 11.3. The highest BCUT2D eigenvalue weighted by Crippen LogP contribution is 2.25. The van der Waals surface area contributed by atoms with E-state index in [1.807, 2.05) is 18.2 Å². The Balaban J connectivity index is 2.73. The number of alkyl halides is 1. The van der Waals surface area contributed by atoms with E-state index in [2.05, 4.69) is 29.8 Å². The second-order valence-corrected chi connectivity index (χ2v) is 5.70. The zero-order valence-electron chi connectivity index (χ0n) is 8.23. The number of benzene rings is 1. The molecule has 0 N–H and O–H groups in total. The summed E-state index contributed by atoms with van der Waals surface area (Å²) in [6.45, 7) is 4.38. The molecule has 0 heterocycles. The molecule has 0 fully saturated rings. The molecular weight excluding hydrogens is 283 g/mol. The van der Waals surface area contributed by atoms with Gasteiger partial charge in [-0.05, 0) is 30.0 Å². The van der Waals surface area contributed by atoms with Crippen molar-refractivity contribution in [1.82, 2.24) is 0 Å². The Hall–Kier alpha value is 0.280. The first-order chi connectivity index (χ1) is 6.50. The lowest BCUT2D eigenvalue weighted by Gasteiger charge is -2.13. The summed E-state index contributed by atoms with van der Waals surface area (Å²) in [6, 6.07) is 5.80. The normalized spacial score (nSPS) is 13.3. The maximum absolute atomic E-state index is 5.93. The quantitative estimate of drug-likeness (QED) is 0.692. The van der Waals surface area contributed by atoms with Gasteiger partial charge in [0.05, 0.1) is 10.0 Å². The van der Waals surface area contributed by atoms with Crippen LogP contribution in [0.5, 0.6) is 0 Å². The Bertz CT molecular complexity index is 310. The van der Waals surface area contributed by atoms with Crippen LogP contribution in [0.1, 0.15) is 19.4 Å². The minimum absolute atomic E-state index is 0.486. The molecule has 1 atom stereocenters. The van der Waals surface area contributed by atoms with Crippen molar-refractivity contribution < 1.29 is 0 Å². The average molecular weight is 296 g/mol. The molecule has 0 aliphatic rings. The first kappa shape index (κ1) is 12.4. The van der Waals surface area contributed by atoms with Crippen LogP contribution in [0.3, 0.4) is 0 Å². The molecule has 0 bridgehead atoms. The summed E-state index contributed by atoms with van der Waals surface area (Å²) in [5.41, 5.74) is 1.22. The van der Waals surface area contributed by atoms with Crippen LogP contribution in [0.4, 0.5) is 0 Å². The molecule has 0 radical (unpaired) electrons. The predicted octanol–water partition coefficient (Wildman–Crippen LogP) is 4.96. The SMILES string of the molecule is CC(C)C(Br)Cc1ccc(Cl)c(Cl)c1. The number of hydrogen-bond donors (Lipinski definition) is 0. The van der Waals surface area contributed by atoms with Crippen molar-refractivity contribution in [3.8, 4) is 0 Å². The Morgan fingerprint density at radius 3 is 2.36 bits per heavy atom. The number of halogens is 3. The number of rotatable bonds is 3. The maximum Gasteiger partial charge on any atom is 0.0595 e. The fraction of sp³-hybridized carbons (Fsp3) is 0.455. The van der Waals surface area contributed by atoms with Crippen LogP contribution in [0, 0.1) is 5.92 Å². The van der Waals surface area contributed by atoms with Gasteiger partial charge in [0, 0.05) is 4.83 Å². The highest BCUT2D eigenvalue weighted by molar-refractivity contribution is 9.09. The van der Waals surface area contributed by atoms with Gasteiger partial charge in [-0.2, -0.15) is 0 Å². The van der Waals surface area contributed by atoms with E-state index < -0.39 is 0 Å². The molecule has 0 nitrogen and oxygen atoms in total. The summed E-state index contributed by atoms with van der Waals surface area (Å²) in [6.07, 6.45) is 0.981. The van der Waals surface area contributed by atoms with E-state index in [9.17, 15) is 0 Å². The Kier molecular flexibility index (Phi) is 4.75. The molecule has 78 valence electrons. The third-order valence-electron chi connectivity index (χ3n) is 2.14. The van der Waals surface area contributed by atoms with Crippen molar-refractivity contribution in [2.45, 2.75) is 25.1 Å². The van der Waals surface area contributed by atoms with E-state index in [-0.39, 0.29) is 0 Å². The van der Waals surface area contributed by atoms with Crippen LogP contribution in [-0.4, -0.2) is 4.83 Å². The molecule has 3 heteroatoms. The van der Waals surface area contributed by atoms with Crippen molar-refractivity contribution >= 4 is 39.1 Å². The van der Waals surface area contributed by atoms with Gasteiger partial charge in [-0.1, -0.05) is 59.0 Å². The van der Waals surface area contributed by atoms with Crippen molar-refractivity contribution in [3.05, 3.63) is 33.8 Å². The fourth-order valence-corrected chi connectivity index (χ4v) is 1.82. The van der Waals surface area contributed by atoms with Gasteiger partial charge in [0.2, 0.25) is 0 Å². The fourth-order valence-electron chi connectivity index (χ4n) is 1.13. The summed E-state index contributed by atoms with van der Waals surface area (Å²) < 4.78 is 0. The Morgan fingerprint density at radius 2 is 1.86 bits per heavy atom. The van der Waals surface area contributed by atoms with Crippen LogP contribution in [0.25, 0.3) is 0 Å². The van der Waals surface area contributed by atoms with Crippen molar-refractivity contribution in [2.75, 3.05) is 0 Å². The first-order valence-electron chi connectivity index (χ1n) is 4.58. The first-order valence-corrected chi connectivity index (χ1v) is 6.26. The summed E-state index contributed by atoms with van der Waals surface area (Å²) in [5, 5.41) is 1.25. The van der Waals surface area contributed by atoms with Gasteiger partial charge in [0.25, 0.3) is 0 Å². The molecule has 14 heavy (non-hydrogen) atoms. The third-order valence-corrected chi connectivity index (χ3v) is 4.26. The van der Waals surface area contributed by atoms with E-state index in [4.69, 9.17) is 23.2 Å². The smallest absolute Gasteiger partial charge is 0.0595 e. The third kappa shape index (κ3) is 3.45. The van der Waals surface area contributed by atoms with E-state index in [1.54, 1.807) is 0 Å². The summed E-state index contributed by atoms with van der Waals surface area (Å²) in [5.74, 6) is 0.615. The van der Waals surface area contributed by atoms with Crippen LogP contribution in [-0.2, 0) is 6.42 Å². The number of hydrogen-bond acceptors (Lipinski definition) is 0. The van der Waals surface area contributed by atoms with Gasteiger partial charge in [0.1, 0.15) is 0 Å². The molecule has 0 spiro atoms. The van der Waals surface area contributed by atoms with E-state index in [1.165, 1.54) is 5.56 Å². The Labute approximate surface area is 104 Å². The largest absolute Gasteiger partial charge is 0.0884 e. The van der Waals surface area contributed by atoms with Gasteiger partial charge in [-0.3, -0.25) is 0 Å². The van der Waals surface area contributed by atoms with Gasteiger partial charge in [-0.25, -0.2) is 0 Å². The molecule has 0 aromatic heterocycles. The molecular formula is C11H13BrCl2. The highest BCUT2D eigenvalue weighted by atomic mass is 79.9. The lowest BCUT2D eigenvalue weighted by Crippen LogP contribution is -2.10. The molecule has 0 aliphatic heterocycles. The maximum atomic E-state index is 5.93. The molecule has 0 saturated heterocycles. The molecule has 0 saturated carbocycles. The zero-order chi connectivity index (χ0) is 10.7. The van der Waals surface area contributed by atoms with Gasteiger partial charge >= 0.3 is 0 Å². The molecule has 1 aromatic carbocycles. The van der Waals surface area contributed by atoms with Gasteiger partial charge in [-0.15, -0.1) is 0 Å².